The van der Waals surface area contributed by atoms with E-state index in [1.54, 1.807) is 18.2 Å². The first-order valence-corrected chi connectivity index (χ1v) is 5.54. The van der Waals surface area contributed by atoms with Crippen LogP contribution in [0.1, 0.15) is 17.9 Å². The Morgan fingerprint density at radius 1 is 1.39 bits per heavy atom. The summed E-state index contributed by atoms with van der Waals surface area (Å²) >= 11 is 0. The summed E-state index contributed by atoms with van der Waals surface area (Å²) in [5, 5.41) is 9.63. The molecule has 0 radical (unpaired) electrons. The van der Waals surface area contributed by atoms with Gasteiger partial charge in [-0.1, -0.05) is 12.1 Å². The van der Waals surface area contributed by atoms with Gasteiger partial charge in [-0.05, 0) is 23.1 Å². The summed E-state index contributed by atoms with van der Waals surface area (Å²) in [6.45, 7) is 0. The van der Waals surface area contributed by atoms with E-state index in [1.807, 2.05) is 23.9 Å². The molecule has 96 valence electrons. The van der Waals surface area contributed by atoms with Crippen molar-refractivity contribution in [2.24, 2.45) is 7.05 Å². The van der Waals surface area contributed by atoms with Gasteiger partial charge in [-0.2, -0.15) is 0 Å². The number of hydrogen-bond acceptors (Lipinski definition) is 1. The number of nitrogens with zero attached hydrogens (tertiary/aromatic N) is 1. The third kappa shape index (κ3) is 2.34. The Labute approximate surface area is 103 Å². The molecule has 1 aromatic heterocycles. The number of halogens is 2. The van der Waals surface area contributed by atoms with Crippen LogP contribution in [0.5, 0.6) is 0 Å². The molecule has 1 aromatic carbocycles. The third-order valence-electron chi connectivity index (χ3n) is 3.04. The molecule has 2 rings (SSSR count). The van der Waals surface area contributed by atoms with Gasteiger partial charge in [0.05, 0.1) is 12.3 Å². The Bertz CT molecular complexity index is 577. The van der Waals surface area contributed by atoms with Gasteiger partial charge in [0, 0.05) is 18.8 Å². The Morgan fingerprint density at radius 3 is 2.72 bits per heavy atom. The van der Waals surface area contributed by atoms with E-state index in [0.717, 1.165) is 10.9 Å². The molecule has 3 nitrogen and oxygen atoms in total. The highest BCUT2D eigenvalue weighted by atomic mass is 19.3. The molecule has 1 N–H and O–H groups in total. The molecule has 5 heteroatoms. The van der Waals surface area contributed by atoms with Crippen LogP contribution in [0.4, 0.5) is 8.78 Å². The fourth-order valence-corrected chi connectivity index (χ4v) is 2.05. The summed E-state index contributed by atoms with van der Waals surface area (Å²) in [7, 11) is 1.82. The second-order valence-corrected chi connectivity index (χ2v) is 4.28. The monoisotopic (exact) mass is 253 g/mol. The minimum absolute atomic E-state index is 0.363. The molecule has 0 aliphatic carbocycles. The molecule has 0 amide bonds. The SMILES string of the molecule is Cn1ccc2ccc(C(CC(=O)O)C(F)F)cc21. The third-order valence-corrected chi connectivity index (χ3v) is 3.04. The van der Waals surface area contributed by atoms with Gasteiger partial charge >= 0.3 is 5.97 Å². The lowest BCUT2D eigenvalue weighted by molar-refractivity contribution is -0.138. The van der Waals surface area contributed by atoms with Gasteiger partial charge < -0.3 is 9.67 Å². The number of aromatic nitrogens is 1. The minimum atomic E-state index is -2.68. The second-order valence-electron chi connectivity index (χ2n) is 4.28. The molecule has 1 unspecified atom stereocenters. The molecule has 0 aliphatic rings. The van der Waals surface area contributed by atoms with E-state index >= 15 is 0 Å². The van der Waals surface area contributed by atoms with Crippen LogP contribution < -0.4 is 0 Å². The molecule has 0 aliphatic heterocycles. The normalized spacial score (nSPS) is 13.1. The highest BCUT2D eigenvalue weighted by Gasteiger charge is 2.25. The number of benzene rings is 1. The van der Waals surface area contributed by atoms with Crippen molar-refractivity contribution >= 4 is 16.9 Å². The fourth-order valence-electron chi connectivity index (χ4n) is 2.05. The Balaban J connectivity index is 2.43. The van der Waals surface area contributed by atoms with E-state index in [0.29, 0.717) is 5.56 Å². The van der Waals surface area contributed by atoms with Crippen molar-refractivity contribution in [3.63, 3.8) is 0 Å². The van der Waals surface area contributed by atoms with Crippen LogP contribution in [0.25, 0.3) is 10.9 Å². The summed E-state index contributed by atoms with van der Waals surface area (Å²) in [6.07, 6.45) is -1.41. The first kappa shape index (κ1) is 12.5. The van der Waals surface area contributed by atoms with Crippen molar-refractivity contribution in [3.8, 4) is 0 Å². The average Bonchev–Trinajstić information content (AvgIpc) is 2.67. The summed E-state index contributed by atoms with van der Waals surface area (Å²) in [6, 6.07) is 6.83. The van der Waals surface area contributed by atoms with E-state index in [2.05, 4.69) is 0 Å². The van der Waals surface area contributed by atoms with Crippen LogP contribution >= 0.6 is 0 Å². The number of fused-ring (bicyclic) bond motifs is 1. The highest BCUT2D eigenvalue weighted by Crippen LogP contribution is 2.29. The summed E-state index contributed by atoms with van der Waals surface area (Å²) in [5.41, 5.74) is 1.19. The molecule has 0 spiro atoms. The predicted octanol–water partition coefficient (Wildman–Crippen LogP) is 3.00. The number of carboxylic acid groups (broad SMARTS) is 1. The zero-order valence-electron chi connectivity index (χ0n) is 9.81. The van der Waals surface area contributed by atoms with Gasteiger partial charge in [-0.25, -0.2) is 8.78 Å². The number of hydrogen-bond donors (Lipinski definition) is 1. The van der Waals surface area contributed by atoms with Crippen molar-refractivity contribution in [1.82, 2.24) is 4.57 Å². The summed E-state index contributed by atoms with van der Waals surface area (Å²) in [5.74, 6) is -2.48. The van der Waals surface area contributed by atoms with Crippen LogP contribution in [0.15, 0.2) is 30.5 Å². The molecule has 0 saturated carbocycles. The van der Waals surface area contributed by atoms with Crippen molar-refractivity contribution in [3.05, 3.63) is 36.0 Å². The van der Waals surface area contributed by atoms with Gasteiger partial charge in [-0.3, -0.25) is 4.79 Å². The number of alkyl halides is 2. The molecule has 0 fully saturated rings. The summed E-state index contributed by atoms with van der Waals surface area (Å²) in [4.78, 5) is 10.6. The van der Waals surface area contributed by atoms with Gasteiger partial charge in [-0.15, -0.1) is 0 Å². The topological polar surface area (TPSA) is 42.2 Å². The van der Waals surface area contributed by atoms with E-state index in [1.165, 1.54) is 0 Å². The Hall–Kier alpha value is -1.91. The van der Waals surface area contributed by atoms with E-state index in [9.17, 15) is 13.6 Å². The van der Waals surface area contributed by atoms with Crippen LogP contribution in [0, 0.1) is 0 Å². The Kier molecular flexibility index (Phi) is 3.32. The first-order chi connectivity index (χ1) is 8.49. The molecule has 18 heavy (non-hydrogen) atoms. The van der Waals surface area contributed by atoms with E-state index < -0.39 is 24.7 Å². The Morgan fingerprint density at radius 2 is 2.11 bits per heavy atom. The predicted molar refractivity (Wildman–Crippen MR) is 63.9 cm³/mol. The number of carboxylic acids is 1. The largest absolute Gasteiger partial charge is 0.481 e. The molecule has 1 atom stereocenters. The molecule has 0 bridgehead atoms. The number of aliphatic carboxylic acids is 1. The standard InChI is InChI=1S/C13H13F2NO2/c1-16-5-4-8-2-3-9(6-11(8)16)10(13(14)15)7-12(17)18/h2-6,10,13H,7H2,1H3,(H,17,18). The minimum Gasteiger partial charge on any atom is -0.481 e. The number of rotatable bonds is 4. The van der Waals surface area contributed by atoms with Gasteiger partial charge in [0.15, 0.2) is 0 Å². The second kappa shape index (κ2) is 4.76. The van der Waals surface area contributed by atoms with Crippen LogP contribution in [-0.4, -0.2) is 22.1 Å². The van der Waals surface area contributed by atoms with Gasteiger partial charge in [0.2, 0.25) is 6.43 Å². The highest BCUT2D eigenvalue weighted by molar-refractivity contribution is 5.81. The van der Waals surface area contributed by atoms with Crippen LogP contribution in [0.2, 0.25) is 0 Å². The lowest BCUT2D eigenvalue weighted by Gasteiger charge is -2.14. The van der Waals surface area contributed by atoms with E-state index in [4.69, 9.17) is 5.11 Å². The zero-order valence-corrected chi connectivity index (χ0v) is 9.81. The van der Waals surface area contributed by atoms with Crippen molar-refractivity contribution in [2.75, 3.05) is 0 Å². The summed E-state index contributed by atoms with van der Waals surface area (Å²) < 4.78 is 27.6. The fraction of sp³-hybridized carbons (Fsp3) is 0.308. The zero-order chi connectivity index (χ0) is 13.3. The molecular weight excluding hydrogens is 240 g/mol. The van der Waals surface area contributed by atoms with Crippen molar-refractivity contribution in [2.45, 2.75) is 18.8 Å². The maximum absolute atomic E-state index is 12.9. The van der Waals surface area contributed by atoms with Crippen LogP contribution in [0.3, 0.4) is 0 Å². The quantitative estimate of drug-likeness (QED) is 0.910. The van der Waals surface area contributed by atoms with Gasteiger partial charge in [0.25, 0.3) is 0 Å². The molecule has 2 aromatic rings. The lowest BCUT2D eigenvalue weighted by atomic mass is 9.95. The van der Waals surface area contributed by atoms with Crippen molar-refractivity contribution < 1.29 is 18.7 Å². The number of carbonyl (C=O) groups is 1. The van der Waals surface area contributed by atoms with E-state index in [-0.39, 0.29) is 0 Å². The first-order valence-electron chi connectivity index (χ1n) is 5.54. The smallest absolute Gasteiger partial charge is 0.304 e. The van der Waals surface area contributed by atoms with Crippen LogP contribution in [-0.2, 0) is 11.8 Å². The van der Waals surface area contributed by atoms with Crippen molar-refractivity contribution in [1.29, 1.82) is 0 Å². The molecule has 0 saturated heterocycles. The molecule has 1 heterocycles. The maximum atomic E-state index is 12.9. The number of aryl methyl sites for hydroxylation is 1. The average molecular weight is 253 g/mol. The lowest BCUT2D eigenvalue weighted by Crippen LogP contribution is -2.14. The maximum Gasteiger partial charge on any atom is 0.304 e. The van der Waals surface area contributed by atoms with Gasteiger partial charge in [0.1, 0.15) is 0 Å². The molecular formula is C13H13F2NO2.